The quantitative estimate of drug-likeness (QED) is 0.761. The van der Waals surface area contributed by atoms with Gasteiger partial charge in [-0.05, 0) is 25.5 Å². The van der Waals surface area contributed by atoms with Gasteiger partial charge in [0.25, 0.3) is 0 Å². The maximum atomic E-state index is 5.84. The molecule has 0 saturated carbocycles. The van der Waals surface area contributed by atoms with E-state index in [1.165, 1.54) is 10.4 Å². The number of thiazole rings is 1. The molecule has 5 heteroatoms. The summed E-state index contributed by atoms with van der Waals surface area (Å²) < 4.78 is 10.8. The van der Waals surface area contributed by atoms with Gasteiger partial charge in [0.2, 0.25) is 0 Å². The van der Waals surface area contributed by atoms with E-state index >= 15 is 0 Å². The van der Waals surface area contributed by atoms with Gasteiger partial charge in [0.05, 0.1) is 6.61 Å². The van der Waals surface area contributed by atoms with Crippen LogP contribution in [-0.4, -0.2) is 25.2 Å². The maximum Gasteiger partial charge on any atom is 0.140 e. The number of methoxy groups -OCH3 is 1. The zero-order valence-corrected chi connectivity index (χ0v) is 13.6. The molecule has 0 unspecified atom stereocenters. The molecule has 1 aromatic heterocycles. The van der Waals surface area contributed by atoms with Crippen molar-refractivity contribution in [3.05, 3.63) is 45.4 Å². The molecule has 0 atom stereocenters. The molecule has 0 amide bonds. The average molecular weight is 306 g/mol. The predicted molar refractivity (Wildman–Crippen MR) is 85.9 cm³/mol. The number of nitrogens with one attached hydrogen (secondary N) is 1. The number of nitrogens with zero attached hydrogens (tertiary/aromatic N) is 1. The van der Waals surface area contributed by atoms with E-state index in [1.54, 1.807) is 18.4 Å². The van der Waals surface area contributed by atoms with E-state index < -0.39 is 0 Å². The van der Waals surface area contributed by atoms with Crippen molar-refractivity contribution in [3.63, 3.8) is 0 Å². The summed E-state index contributed by atoms with van der Waals surface area (Å²) in [5.74, 6) is 0.926. The van der Waals surface area contributed by atoms with Gasteiger partial charge in [-0.25, -0.2) is 4.98 Å². The first-order chi connectivity index (χ1) is 10.2. The van der Waals surface area contributed by atoms with Crippen LogP contribution in [0.4, 0.5) is 0 Å². The van der Waals surface area contributed by atoms with Gasteiger partial charge in [0, 0.05) is 31.3 Å². The Labute approximate surface area is 130 Å². The van der Waals surface area contributed by atoms with Gasteiger partial charge in [-0.3, -0.25) is 0 Å². The minimum Gasteiger partial charge on any atom is -0.486 e. The highest BCUT2D eigenvalue weighted by atomic mass is 32.1. The topological polar surface area (TPSA) is 43.4 Å². The fourth-order valence-corrected chi connectivity index (χ4v) is 2.79. The van der Waals surface area contributed by atoms with Crippen LogP contribution >= 0.6 is 11.3 Å². The molecule has 2 rings (SSSR count). The van der Waals surface area contributed by atoms with Crippen LogP contribution in [0.25, 0.3) is 0 Å². The third-order valence-corrected chi connectivity index (χ3v) is 4.04. The SMILES string of the molecule is COCCNCc1cnc(COc2ccc(C)cc2C)s1. The van der Waals surface area contributed by atoms with Gasteiger partial charge in [-0.15, -0.1) is 11.3 Å². The normalized spacial score (nSPS) is 10.8. The lowest BCUT2D eigenvalue weighted by Crippen LogP contribution is -2.17. The Hall–Kier alpha value is -1.43. The smallest absolute Gasteiger partial charge is 0.140 e. The average Bonchev–Trinajstić information content (AvgIpc) is 2.91. The molecule has 1 N–H and O–H groups in total. The van der Waals surface area contributed by atoms with E-state index in [2.05, 4.69) is 36.3 Å². The minimum absolute atomic E-state index is 0.520. The van der Waals surface area contributed by atoms with E-state index in [-0.39, 0.29) is 0 Å². The monoisotopic (exact) mass is 306 g/mol. The maximum absolute atomic E-state index is 5.84. The van der Waals surface area contributed by atoms with Crippen LogP contribution in [0.2, 0.25) is 0 Å². The molecule has 1 heterocycles. The van der Waals surface area contributed by atoms with Crippen LogP contribution in [0.3, 0.4) is 0 Å². The highest BCUT2D eigenvalue weighted by Gasteiger charge is 2.05. The lowest BCUT2D eigenvalue weighted by molar-refractivity contribution is 0.199. The van der Waals surface area contributed by atoms with Crippen LogP contribution in [-0.2, 0) is 17.9 Å². The molecular formula is C16H22N2O2S. The third-order valence-electron chi connectivity index (χ3n) is 3.07. The van der Waals surface area contributed by atoms with Crippen molar-refractivity contribution in [2.75, 3.05) is 20.3 Å². The Morgan fingerprint density at radius 3 is 2.90 bits per heavy atom. The fraction of sp³-hybridized carbons (Fsp3) is 0.438. The molecule has 0 spiro atoms. The van der Waals surface area contributed by atoms with Crippen molar-refractivity contribution in [3.8, 4) is 5.75 Å². The predicted octanol–water partition coefficient (Wildman–Crippen LogP) is 3.07. The summed E-state index contributed by atoms with van der Waals surface area (Å²) in [6.07, 6.45) is 1.91. The van der Waals surface area contributed by atoms with Crippen LogP contribution in [0, 0.1) is 13.8 Å². The van der Waals surface area contributed by atoms with E-state index in [1.807, 2.05) is 12.3 Å². The molecule has 0 aliphatic heterocycles. The van der Waals surface area contributed by atoms with Crippen LogP contribution < -0.4 is 10.1 Å². The highest BCUT2D eigenvalue weighted by Crippen LogP contribution is 2.21. The summed E-state index contributed by atoms with van der Waals surface area (Å²) in [5.41, 5.74) is 2.41. The van der Waals surface area contributed by atoms with Gasteiger partial charge in [0.15, 0.2) is 0 Å². The molecule has 0 aliphatic carbocycles. The number of aryl methyl sites for hydroxylation is 2. The van der Waals surface area contributed by atoms with Crippen molar-refractivity contribution in [2.24, 2.45) is 0 Å². The van der Waals surface area contributed by atoms with Crippen molar-refractivity contribution in [1.82, 2.24) is 10.3 Å². The van der Waals surface area contributed by atoms with E-state index in [4.69, 9.17) is 9.47 Å². The summed E-state index contributed by atoms with van der Waals surface area (Å²) in [6, 6.07) is 6.21. The lowest BCUT2D eigenvalue weighted by Gasteiger charge is -2.08. The molecule has 4 nitrogen and oxygen atoms in total. The summed E-state index contributed by atoms with van der Waals surface area (Å²) >= 11 is 1.68. The van der Waals surface area contributed by atoms with Gasteiger partial charge in [-0.1, -0.05) is 17.7 Å². The number of hydrogen-bond donors (Lipinski definition) is 1. The standard InChI is InChI=1S/C16H22N2O2S/c1-12-4-5-15(13(2)8-12)20-11-16-18-10-14(21-16)9-17-6-7-19-3/h4-5,8,10,17H,6-7,9,11H2,1-3H3. The lowest BCUT2D eigenvalue weighted by atomic mass is 10.1. The first kappa shape index (κ1) is 15.9. The first-order valence-electron chi connectivity index (χ1n) is 7.02. The zero-order valence-electron chi connectivity index (χ0n) is 12.8. The molecule has 0 saturated heterocycles. The molecule has 0 bridgehead atoms. The van der Waals surface area contributed by atoms with Crippen molar-refractivity contribution in [1.29, 1.82) is 0 Å². The second-order valence-corrected chi connectivity index (χ2v) is 6.15. The summed E-state index contributed by atoms with van der Waals surface area (Å²) in [5, 5.41) is 4.31. The molecule has 0 radical (unpaired) electrons. The zero-order chi connectivity index (χ0) is 15.1. The number of benzene rings is 1. The molecule has 21 heavy (non-hydrogen) atoms. The summed E-state index contributed by atoms with van der Waals surface area (Å²) in [4.78, 5) is 5.61. The van der Waals surface area contributed by atoms with Gasteiger partial charge in [0.1, 0.15) is 17.4 Å². The molecule has 2 aromatic rings. The Bertz CT molecular complexity index is 569. The number of hydrogen-bond acceptors (Lipinski definition) is 5. The van der Waals surface area contributed by atoms with Crippen LogP contribution in [0.5, 0.6) is 5.75 Å². The number of rotatable bonds is 8. The van der Waals surface area contributed by atoms with Crippen molar-refractivity contribution in [2.45, 2.75) is 27.0 Å². The Morgan fingerprint density at radius 2 is 2.14 bits per heavy atom. The van der Waals surface area contributed by atoms with Gasteiger partial charge < -0.3 is 14.8 Å². The molecular weight excluding hydrogens is 284 g/mol. The molecule has 0 aliphatic rings. The number of aromatic nitrogens is 1. The van der Waals surface area contributed by atoms with Gasteiger partial charge in [-0.2, -0.15) is 0 Å². The van der Waals surface area contributed by atoms with E-state index in [0.717, 1.165) is 36.0 Å². The van der Waals surface area contributed by atoms with E-state index in [0.29, 0.717) is 6.61 Å². The highest BCUT2D eigenvalue weighted by molar-refractivity contribution is 7.11. The largest absolute Gasteiger partial charge is 0.486 e. The Kier molecular flexibility index (Phi) is 6.17. The third kappa shape index (κ3) is 5.12. The summed E-state index contributed by atoms with van der Waals surface area (Å²) in [7, 11) is 1.71. The van der Waals surface area contributed by atoms with Gasteiger partial charge >= 0.3 is 0 Å². The van der Waals surface area contributed by atoms with Crippen molar-refractivity contribution < 1.29 is 9.47 Å². The first-order valence-corrected chi connectivity index (χ1v) is 7.84. The molecule has 1 aromatic carbocycles. The second kappa shape index (κ2) is 8.12. The second-order valence-electron chi connectivity index (χ2n) is 4.95. The fourth-order valence-electron chi connectivity index (χ4n) is 1.98. The molecule has 0 fully saturated rings. The van der Waals surface area contributed by atoms with Crippen LogP contribution in [0.1, 0.15) is 21.0 Å². The van der Waals surface area contributed by atoms with E-state index in [9.17, 15) is 0 Å². The summed E-state index contributed by atoms with van der Waals surface area (Å²) in [6.45, 7) is 7.07. The Balaban J connectivity index is 1.82. The Morgan fingerprint density at radius 1 is 1.29 bits per heavy atom. The van der Waals surface area contributed by atoms with Crippen molar-refractivity contribution >= 4 is 11.3 Å². The van der Waals surface area contributed by atoms with Crippen LogP contribution in [0.15, 0.2) is 24.4 Å². The number of ether oxygens (including phenoxy) is 2. The molecule has 114 valence electrons. The minimum atomic E-state index is 0.520.